The number of nitrogens with two attached hydrogens (primary N) is 7. The Morgan fingerprint density at radius 3 is 1.16 bits per heavy atom. The largest absolute Gasteiger partial charge is 0.480 e. The summed E-state index contributed by atoms with van der Waals surface area (Å²) in [5, 5.41) is 34.8. The van der Waals surface area contributed by atoms with E-state index in [0.717, 1.165) is 32.7 Å². The molecule has 31 heteroatoms. The van der Waals surface area contributed by atoms with Gasteiger partial charge in [0.05, 0.1) is 6.04 Å². The molecule has 0 fully saturated rings. The van der Waals surface area contributed by atoms with Crippen molar-refractivity contribution in [2.75, 3.05) is 19.6 Å². The summed E-state index contributed by atoms with van der Waals surface area (Å²) in [4.78, 5) is 151. The number of carbonyl (C=O) groups excluding carboxylic acids is 8. The Kier molecular flexibility index (Phi) is 29.4. The Morgan fingerprint density at radius 1 is 0.424 bits per heavy atom. The standard InChI is InChI=1S/C68H99N21O10/c1-7-38(6)56(64(97)87-53(31-40-34-80-47-22-12-9-18-43(40)47)59(92)82-49(24-15-27-77-67(72)73)58(91)83-50(65(98)99)25-16-28-78-68(74)75)89-62(95)54(32-41-35-81-48-23-13-10-19-44(41)48)86-63(96)55(37(4)5)88-61(94)51(29-36(2)3)85-60(93)52(30-39-33-79-46-21-11-8-17-42(39)46)84-57(90)45(69)20-14-26-76-66(70)71/h8-13,17-19,21-23,33-38,45,49-56,79-81H,7,14-16,20,24-32,69H2,1-6H3,(H,82,92)(H,83,91)(H,84,90)(H,85,93)(H,86,96)(H,87,97)(H,88,94)(H,89,95)(H,98,99)(H4,70,71,76)(H4,72,73,77)(H4,74,75,78)/t38-,45-,49-,50-,51-,52-,53-,54-,55-,56-/m0/s1. The van der Waals surface area contributed by atoms with Crippen molar-refractivity contribution in [1.82, 2.24) is 57.5 Å². The molecule has 10 atom stereocenters. The number of nitrogens with zero attached hydrogens (tertiary/aromatic N) is 3. The van der Waals surface area contributed by atoms with Crippen LogP contribution in [0, 0.1) is 17.8 Å². The lowest BCUT2D eigenvalue weighted by Crippen LogP contribution is -2.62. The summed E-state index contributed by atoms with van der Waals surface area (Å²) < 4.78 is 0. The van der Waals surface area contributed by atoms with Crippen molar-refractivity contribution in [3.63, 3.8) is 0 Å². The van der Waals surface area contributed by atoms with Crippen LogP contribution in [-0.4, -0.2) is 165 Å². The van der Waals surface area contributed by atoms with Crippen LogP contribution < -0.4 is 82.7 Å². The molecule has 3 heterocycles. The molecule has 0 spiro atoms. The quantitative estimate of drug-likeness (QED) is 0.0140. The number of carboxylic acids is 1. The van der Waals surface area contributed by atoms with Gasteiger partial charge < -0.3 is 103 Å². The number of aliphatic carboxylic acids is 1. The maximum Gasteiger partial charge on any atom is 0.326 e. The average molecular weight is 1370 g/mol. The minimum Gasteiger partial charge on any atom is -0.480 e. The van der Waals surface area contributed by atoms with Gasteiger partial charge in [0, 0.05) is 90.2 Å². The fourth-order valence-corrected chi connectivity index (χ4v) is 11.4. The highest BCUT2D eigenvalue weighted by Crippen LogP contribution is 2.24. The third-order valence-electron chi connectivity index (χ3n) is 17.0. The average Bonchev–Trinajstić information content (AvgIpc) is 1.74. The molecule has 8 amide bonds. The molecule has 6 rings (SSSR count). The number of hydrogen-bond donors (Lipinski definition) is 19. The molecule has 0 aliphatic heterocycles. The van der Waals surface area contributed by atoms with Crippen LogP contribution in [0.5, 0.6) is 0 Å². The van der Waals surface area contributed by atoms with E-state index in [9.17, 15) is 38.7 Å². The Labute approximate surface area is 574 Å². The topological polar surface area (TPSA) is 537 Å². The predicted molar refractivity (Wildman–Crippen MR) is 381 cm³/mol. The van der Waals surface area contributed by atoms with Gasteiger partial charge in [0.25, 0.3) is 0 Å². The molecular weight excluding hydrogens is 1270 g/mol. The summed E-state index contributed by atoms with van der Waals surface area (Å²) in [6.07, 6.45) is 6.03. The summed E-state index contributed by atoms with van der Waals surface area (Å²) in [7, 11) is 0. The third-order valence-corrected chi connectivity index (χ3v) is 17.0. The highest BCUT2D eigenvalue weighted by Gasteiger charge is 2.38. The van der Waals surface area contributed by atoms with Gasteiger partial charge in [-0.25, -0.2) is 4.79 Å². The van der Waals surface area contributed by atoms with Crippen LogP contribution in [0.4, 0.5) is 0 Å². The molecule has 3 aromatic carbocycles. The van der Waals surface area contributed by atoms with E-state index in [1.165, 1.54) is 0 Å². The number of hydrogen-bond acceptors (Lipinski definition) is 13. The van der Waals surface area contributed by atoms with E-state index in [1.54, 1.807) is 52.4 Å². The summed E-state index contributed by atoms with van der Waals surface area (Å²) >= 11 is 0. The molecule has 0 aliphatic carbocycles. The van der Waals surface area contributed by atoms with Crippen LogP contribution in [0.15, 0.2) is 106 Å². The minimum atomic E-state index is -1.44. The molecule has 0 radical (unpaired) electrons. The normalized spacial score (nSPS) is 14.4. The smallest absolute Gasteiger partial charge is 0.326 e. The molecule has 0 bridgehead atoms. The van der Waals surface area contributed by atoms with Gasteiger partial charge in [0.15, 0.2) is 17.9 Å². The summed E-state index contributed by atoms with van der Waals surface area (Å²) in [5.74, 6) is -9.40. The SMILES string of the molecule is CC[C@H](C)[C@H](NC(=O)[C@H](Cc1c[nH]c2ccccc12)NC(=O)[C@@H](NC(=O)[C@H](CC(C)C)NC(=O)[C@H](Cc1c[nH]c2ccccc12)NC(=O)[C@@H](N)CCCN=C(N)N)C(C)C)C(=O)N[C@@H](Cc1c[nH]c2ccccc12)C(=O)N[C@@H](CCCN=C(N)N)C(=O)N[C@@H](CCCN=C(N)N)C(=O)O. The second-order valence-electron chi connectivity index (χ2n) is 25.6. The van der Waals surface area contributed by atoms with Crippen LogP contribution in [0.3, 0.4) is 0 Å². The van der Waals surface area contributed by atoms with E-state index < -0.39 is 119 Å². The van der Waals surface area contributed by atoms with E-state index in [2.05, 4.69) is 72.5 Å². The second-order valence-corrected chi connectivity index (χ2v) is 25.6. The lowest BCUT2D eigenvalue weighted by atomic mass is 9.95. The van der Waals surface area contributed by atoms with Gasteiger partial charge >= 0.3 is 5.97 Å². The van der Waals surface area contributed by atoms with Crippen LogP contribution in [0.1, 0.15) is 110 Å². The fraction of sp³-hybridized carbons (Fsp3) is 0.471. The van der Waals surface area contributed by atoms with E-state index in [1.807, 2.05) is 80.6 Å². The summed E-state index contributed by atoms with van der Waals surface area (Å²) in [6.45, 7) is 11.0. The number of aliphatic imine (C=N–C) groups is 3. The maximum atomic E-state index is 15.2. The zero-order valence-corrected chi connectivity index (χ0v) is 57.0. The number of para-hydroxylation sites is 3. The Bertz CT molecular complexity index is 3830. The Hall–Kier alpha value is -10.7. The fourth-order valence-electron chi connectivity index (χ4n) is 11.4. The number of carboxylic acid groups (broad SMARTS) is 1. The number of aromatic amines is 3. The lowest BCUT2D eigenvalue weighted by molar-refractivity contribution is -0.142. The van der Waals surface area contributed by atoms with Crippen LogP contribution in [0.2, 0.25) is 0 Å². The summed E-state index contributed by atoms with van der Waals surface area (Å²) in [6, 6.07) is 10.2. The van der Waals surface area contributed by atoms with Gasteiger partial charge in [-0.05, 0) is 97.6 Å². The van der Waals surface area contributed by atoms with Crippen LogP contribution in [0.25, 0.3) is 32.7 Å². The molecule has 536 valence electrons. The number of carbonyl (C=O) groups is 9. The first-order valence-electron chi connectivity index (χ1n) is 33.4. The van der Waals surface area contributed by atoms with E-state index in [0.29, 0.717) is 29.5 Å². The number of rotatable bonds is 40. The van der Waals surface area contributed by atoms with Crippen molar-refractivity contribution in [3.8, 4) is 0 Å². The Morgan fingerprint density at radius 2 is 0.758 bits per heavy atom. The maximum absolute atomic E-state index is 15.2. The van der Waals surface area contributed by atoms with Gasteiger partial charge in [-0.1, -0.05) is 103 Å². The molecule has 0 saturated heterocycles. The highest BCUT2D eigenvalue weighted by atomic mass is 16.4. The number of fused-ring (bicyclic) bond motifs is 3. The van der Waals surface area contributed by atoms with Gasteiger partial charge in [-0.15, -0.1) is 0 Å². The lowest BCUT2D eigenvalue weighted by Gasteiger charge is -2.30. The predicted octanol–water partition coefficient (Wildman–Crippen LogP) is 0.358. The monoisotopic (exact) mass is 1370 g/mol. The molecule has 0 aliphatic rings. The Balaban J connectivity index is 1.28. The minimum absolute atomic E-state index is 0.00345. The summed E-state index contributed by atoms with van der Waals surface area (Å²) in [5.41, 5.74) is 43.5. The van der Waals surface area contributed by atoms with Crippen LogP contribution in [-0.2, 0) is 62.4 Å². The van der Waals surface area contributed by atoms with E-state index in [4.69, 9.17) is 40.1 Å². The zero-order valence-electron chi connectivity index (χ0n) is 57.0. The van der Waals surface area contributed by atoms with Crippen molar-refractivity contribution in [1.29, 1.82) is 0 Å². The van der Waals surface area contributed by atoms with Gasteiger partial charge in [0.2, 0.25) is 47.3 Å². The third kappa shape index (κ3) is 23.5. The number of benzene rings is 3. The zero-order chi connectivity index (χ0) is 72.5. The van der Waals surface area contributed by atoms with Crippen molar-refractivity contribution < 1.29 is 48.3 Å². The van der Waals surface area contributed by atoms with Crippen LogP contribution >= 0.6 is 0 Å². The van der Waals surface area contributed by atoms with E-state index in [-0.39, 0.29) is 101 Å². The molecule has 0 saturated carbocycles. The molecular formula is C68H99N21O10. The number of H-pyrrole nitrogens is 3. The molecule has 0 unspecified atom stereocenters. The van der Waals surface area contributed by atoms with Gasteiger partial charge in [-0.2, -0.15) is 0 Å². The number of amides is 8. The molecule has 31 nitrogen and oxygen atoms in total. The second kappa shape index (κ2) is 37.7. The highest BCUT2D eigenvalue weighted by molar-refractivity contribution is 5.99. The first-order chi connectivity index (χ1) is 47.1. The van der Waals surface area contributed by atoms with Crippen molar-refractivity contribution in [3.05, 3.63) is 108 Å². The van der Waals surface area contributed by atoms with Gasteiger partial charge in [-0.3, -0.25) is 53.3 Å². The molecule has 3 aromatic heterocycles. The number of aromatic nitrogens is 3. The van der Waals surface area contributed by atoms with E-state index >= 15 is 9.59 Å². The number of nitrogens with one attached hydrogen (secondary N) is 11. The van der Waals surface area contributed by atoms with Crippen molar-refractivity contribution in [2.45, 2.75) is 167 Å². The molecule has 99 heavy (non-hydrogen) atoms. The molecule has 6 aromatic rings. The number of guanidine groups is 3. The first-order valence-corrected chi connectivity index (χ1v) is 33.4. The van der Waals surface area contributed by atoms with Gasteiger partial charge in [0.1, 0.15) is 48.3 Å². The van der Waals surface area contributed by atoms with Crippen molar-refractivity contribution >= 4 is 104 Å². The molecule has 26 N–H and O–H groups in total. The van der Waals surface area contributed by atoms with Crippen molar-refractivity contribution in [2.24, 2.45) is 72.9 Å². The first kappa shape index (κ1) is 77.3.